The van der Waals surface area contributed by atoms with E-state index in [1.807, 2.05) is 47.4 Å². The zero-order valence-corrected chi connectivity index (χ0v) is 11.6. The molecule has 0 aliphatic carbocycles. The molecule has 0 heterocycles. The van der Waals surface area contributed by atoms with Crippen LogP contribution in [0.25, 0.3) is 0 Å². The van der Waals surface area contributed by atoms with E-state index in [-0.39, 0.29) is 6.42 Å². The van der Waals surface area contributed by atoms with Crippen LogP contribution in [0.3, 0.4) is 0 Å². The van der Waals surface area contributed by atoms with E-state index in [0.717, 1.165) is 11.3 Å². The maximum atomic E-state index is 10.9. The maximum Gasteiger partial charge on any atom is 0.305 e. The molecule has 106 valence electrons. The highest BCUT2D eigenvalue weighted by molar-refractivity contribution is 5.68. The van der Waals surface area contributed by atoms with Gasteiger partial charge in [0.15, 0.2) is 0 Å². The van der Waals surface area contributed by atoms with Crippen molar-refractivity contribution in [2.75, 3.05) is 11.4 Å². The van der Waals surface area contributed by atoms with Gasteiger partial charge in [0.2, 0.25) is 0 Å². The number of nitriles is 1. The summed E-state index contributed by atoms with van der Waals surface area (Å²) in [7, 11) is 0. The third kappa shape index (κ3) is 4.08. The molecule has 4 nitrogen and oxygen atoms in total. The van der Waals surface area contributed by atoms with Gasteiger partial charge in [-0.25, -0.2) is 0 Å². The van der Waals surface area contributed by atoms with Crippen molar-refractivity contribution in [2.24, 2.45) is 0 Å². The van der Waals surface area contributed by atoms with Crippen molar-refractivity contribution in [3.05, 3.63) is 65.7 Å². The number of anilines is 1. The quantitative estimate of drug-likeness (QED) is 0.883. The lowest BCUT2D eigenvalue weighted by atomic mass is 10.1. The molecule has 0 aliphatic rings. The number of carboxylic acids is 1. The lowest BCUT2D eigenvalue weighted by Crippen LogP contribution is -2.26. The van der Waals surface area contributed by atoms with Gasteiger partial charge in [-0.2, -0.15) is 5.26 Å². The SMILES string of the molecule is N#Cc1ccccc1N(CCC(=O)O)Cc1ccccc1. The van der Waals surface area contributed by atoms with Crippen LogP contribution in [0.15, 0.2) is 54.6 Å². The molecule has 21 heavy (non-hydrogen) atoms. The summed E-state index contributed by atoms with van der Waals surface area (Å²) in [6.45, 7) is 0.940. The van der Waals surface area contributed by atoms with Gasteiger partial charge in [-0.05, 0) is 17.7 Å². The second kappa shape index (κ2) is 7.11. The number of para-hydroxylation sites is 1. The summed E-state index contributed by atoms with van der Waals surface area (Å²) in [5.74, 6) is -0.845. The average molecular weight is 280 g/mol. The number of aliphatic carboxylic acids is 1. The number of benzene rings is 2. The van der Waals surface area contributed by atoms with Gasteiger partial charge in [0, 0.05) is 13.1 Å². The number of hydrogen-bond donors (Lipinski definition) is 1. The number of nitrogens with zero attached hydrogens (tertiary/aromatic N) is 2. The van der Waals surface area contributed by atoms with Crippen LogP contribution in [0.2, 0.25) is 0 Å². The Morgan fingerprint density at radius 3 is 2.43 bits per heavy atom. The van der Waals surface area contributed by atoms with E-state index in [1.54, 1.807) is 12.1 Å². The van der Waals surface area contributed by atoms with Crippen LogP contribution in [-0.4, -0.2) is 17.6 Å². The molecular formula is C17H16N2O2. The van der Waals surface area contributed by atoms with Gasteiger partial charge in [0.05, 0.1) is 17.7 Å². The number of carbonyl (C=O) groups is 1. The van der Waals surface area contributed by atoms with E-state index >= 15 is 0 Å². The van der Waals surface area contributed by atoms with Gasteiger partial charge in [0.1, 0.15) is 6.07 Å². The van der Waals surface area contributed by atoms with Crippen LogP contribution < -0.4 is 4.90 Å². The van der Waals surface area contributed by atoms with E-state index in [4.69, 9.17) is 5.11 Å². The van der Waals surface area contributed by atoms with Crippen molar-refractivity contribution in [3.63, 3.8) is 0 Å². The van der Waals surface area contributed by atoms with Crippen molar-refractivity contribution in [2.45, 2.75) is 13.0 Å². The minimum atomic E-state index is -0.845. The van der Waals surface area contributed by atoms with Gasteiger partial charge in [-0.15, -0.1) is 0 Å². The molecule has 0 radical (unpaired) electrons. The van der Waals surface area contributed by atoms with Crippen molar-refractivity contribution >= 4 is 11.7 Å². The van der Waals surface area contributed by atoms with E-state index in [9.17, 15) is 10.1 Å². The summed E-state index contributed by atoms with van der Waals surface area (Å²) in [6.07, 6.45) is 0.0343. The van der Waals surface area contributed by atoms with Crippen LogP contribution in [-0.2, 0) is 11.3 Å². The molecule has 0 aromatic heterocycles. The Labute approximate surface area is 123 Å². The predicted octanol–water partition coefficient (Wildman–Crippen LogP) is 3.04. The van der Waals surface area contributed by atoms with E-state index in [1.165, 1.54) is 0 Å². The molecule has 0 saturated carbocycles. The van der Waals surface area contributed by atoms with Crippen LogP contribution >= 0.6 is 0 Å². The lowest BCUT2D eigenvalue weighted by molar-refractivity contribution is -0.136. The zero-order valence-electron chi connectivity index (χ0n) is 11.6. The lowest BCUT2D eigenvalue weighted by Gasteiger charge is -2.25. The van der Waals surface area contributed by atoms with E-state index in [0.29, 0.717) is 18.7 Å². The second-order valence-corrected chi connectivity index (χ2v) is 4.68. The highest BCUT2D eigenvalue weighted by atomic mass is 16.4. The number of rotatable bonds is 6. The Balaban J connectivity index is 2.27. The van der Waals surface area contributed by atoms with E-state index in [2.05, 4.69) is 6.07 Å². The van der Waals surface area contributed by atoms with Crippen LogP contribution in [0, 0.1) is 11.3 Å². The molecule has 0 unspecified atom stereocenters. The third-order valence-electron chi connectivity index (χ3n) is 3.18. The first kappa shape index (κ1) is 14.6. The van der Waals surface area contributed by atoms with Crippen molar-refractivity contribution in [1.29, 1.82) is 5.26 Å². The van der Waals surface area contributed by atoms with Crippen LogP contribution in [0.5, 0.6) is 0 Å². The molecule has 0 aliphatic heterocycles. The summed E-state index contributed by atoms with van der Waals surface area (Å²) >= 11 is 0. The standard InChI is InChI=1S/C17H16N2O2/c18-12-15-8-4-5-9-16(15)19(11-10-17(20)21)13-14-6-2-1-3-7-14/h1-9H,10-11,13H2,(H,20,21). The topological polar surface area (TPSA) is 64.3 Å². The normalized spacial score (nSPS) is 9.86. The molecule has 2 aromatic rings. The van der Waals surface area contributed by atoms with Gasteiger partial charge in [-0.3, -0.25) is 4.79 Å². The Morgan fingerprint density at radius 1 is 1.10 bits per heavy atom. The maximum absolute atomic E-state index is 10.9. The largest absolute Gasteiger partial charge is 0.481 e. The first-order valence-corrected chi connectivity index (χ1v) is 6.70. The molecule has 0 fully saturated rings. The second-order valence-electron chi connectivity index (χ2n) is 4.68. The summed E-state index contributed by atoms with van der Waals surface area (Å²) in [5, 5.41) is 18.1. The summed E-state index contributed by atoms with van der Waals surface area (Å²) in [5.41, 5.74) is 2.40. The third-order valence-corrected chi connectivity index (χ3v) is 3.18. The Hall–Kier alpha value is -2.80. The number of hydrogen-bond acceptors (Lipinski definition) is 3. The van der Waals surface area contributed by atoms with Gasteiger partial charge >= 0.3 is 5.97 Å². The summed E-state index contributed by atoms with van der Waals surface area (Å²) < 4.78 is 0. The molecule has 0 spiro atoms. The molecule has 0 amide bonds. The zero-order chi connectivity index (χ0) is 15.1. The van der Waals surface area contributed by atoms with Gasteiger partial charge < -0.3 is 10.0 Å². The highest BCUT2D eigenvalue weighted by Crippen LogP contribution is 2.22. The number of carboxylic acid groups (broad SMARTS) is 1. The molecule has 0 atom stereocenters. The minimum Gasteiger partial charge on any atom is -0.481 e. The monoisotopic (exact) mass is 280 g/mol. The molecule has 1 N–H and O–H groups in total. The summed E-state index contributed by atoms with van der Waals surface area (Å²) in [6, 6.07) is 19.2. The minimum absolute atomic E-state index is 0.0343. The van der Waals surface area contributed by atoms with Gasteiger partial charge in [-0.1, -0.05) is 42.5 Å². The van der Waals surface area contributed by atoms with Crippen molar-refractivity contribution < 1.29 is 9.90 Å². The fraction of sp³-hybridized carbons (Fsp3) is 0.176. The fourth-order valence-corrected chi connectivity index (χ4v) is 2.16. The van der Waals surface area contributed by atoms with Crippen molar-refractivity contribution in [1.82, 2.24) is 0 Å². The van der Waals surface area contributed by atoms with Crippen LogP contribution in [0.1, 0.15) is 17.5 Å². The Bertz CT molecular complexity index is 647. The fourth-order valence-electron chi connectivity index (χ4n) is 2.16. The first-order valence-electron chi connectivity index (χ1n) is 6.70. The smallest absolute Gasteiger partial charge is 0.305 e. The average Bonchev–Trinajstić information content (AvgIpc) is 2.52. The molecule has 4 heteroatoms. The highest BCUT2D eigenvalue weighted by Gasteiger charge is 2.13. The summed E-state index contributed by atoms with van der Waals surface area (Å²) in [4.78, 5) is 12.8. The predicted molar refractivity (Wildman–Crippen MR) is 80.9 cm³/mol. The molecule has 2 rings (SSSR count). The van der Waals surface area contributed by atoms with Gasteiger partial charge in [0.25, 0.3) is 0 Å². The van der Waals surface area contributed by atoms with Crippen molar-refractivity contribution in [3.8, 4) is 6.07 Å². The van der Waals surface area contributed by atoms with Crippen LogP contribution in [0.4, 0.5) is 5.69 Å². The van der Waals surface area contributed by atoms with E-state index < -0.39 is 5.97 Å². The first-order chi connectivity index (χ1) is 10.2. The Morgan fingerprint density at radius 2 is 1.76 bits per heavy atom. The molecule has 0 saturated heterocycles. The molecular weight excluding hydrogens is 264 g/mol. The molecule has 2 aromatic carbocycles. The Kier molecular flexibility index (Phi) is 4.94. The molecule has 0 bridgehead atoms.